The summed E-state index contributed by atoms with van der Waals surface area (Å²) in [6, 6.07) is 6.78. The van der Waals surface area contributed by atoms with Crippen LogP contribution in [-0.2, 0) is 19.5 Å². The molecule has 0 unspecified atom stereocenters. The number of thiazole rings is 1. The zero-order chi connectivity index (χ0) is 12.4. The Morgan fingerprint density at radius 2 is 2.33 bits per heavy atom. The van der Waals surface area contributed by atoms with E-state index in [4.69, 9.17) is 0 Å². The molecule has 0 aliphatic carbocycles. The van der Waals surface area contributed by atoms with Crippen molar-refractivity contribution in [1.82, 2.24) is 10.3 Å². The van der Waals surface area contributed by atoms with Crippen molar-refractivity contribution in [2.45, 2.75) is 19.5 Å². The minimum Gasteiger partial charge on any atom is -0.374 e. The SMILES string of the molecule is CN1CCc2cc(CNCc3nccs3)ccc21. The Labute approximate surface area is 111 Å². The first-order valence-corrected chi connectivity index (χ1v) is 7.13. The molecule has 4 heteroatoms. The monoisotopic (exact) mass is 259 g/mol. The summed E-state index contributed by atoms with van der Waals surface area (Å²) in [7, 11) is 2.16. The van der Waals surface area contributed by atoms with Crippen molar-refractivity contribution in [3.8, 4) is 0 Å². The number of anilines is 1. The maximum absolute atomic E-state index is 4.26. The molecule has 3 rings (SSSR count). The molecule has 0 bridgehead atoms. The summed E-state index contributed by atoms with van der Waals surface area (Å²) in [5.41, 5.74) is 4.23. The van der Waals surface area contributed by atoms with Crippen LogP contribution in [0.3, 0.4) is 0 Å². The number of aromatic nitrogens is 1. The summed E-state index contributed by atoms with van der Waals surface area (Å²) in [5.74, 6) is 0. The van der Waals surface area contributed by atoms with Crippen molar-refractivity contribution in [2.75, 3.05) is 18.5 Å². The number of rotatable bonds is 4. The van der Waals surface area contributed by atoms with Gasteiger partial charge in [0, 0.05) is 43.9 Å². The minimum atomic E-state index is 0.856. The summed E-state index contributed by atoms with van der Waals surface area (Å²) < 4.78 is 0. The van der Waals surface area contributed by atoms with E-state index in [1.54, 1.807) is 11.3 Å². The average molecular weight is 259 g/mol. The zero-order valence-electron chi connectivity index (χ0n) is 10.5. The first kappa shape index (κ1) is 11.7. The molecule has 18 heavy (non-hydrogen) atoms. The lowest BCUT2D eigenvalue weighted by atomic mass is 10.1. The first-order chi connectivity index (χ1) is 8.83. The average Bonchev–Trinajstić information content (AvgIpc) is 3.00. The van der Waals surface area contributed by atoms with Gasteiger partial charge < -0.3 is 10.2 Å². The molecule has 3 nitrogen and oxygen atoms in total. The largest absolute Gasteiger partial charge is 0.374 e. The first-order valence-electron chi connectivity index (χ1n) is 6.25. The Balaban J connectivity index is 1.60. The lowest BCUT2D eigenvalue weighted by molar-refractivity contribution is 0.689. The number of likely N-dealkylation sites (N-methyl/N-ethyl adjacent to an activating group) is 1. The second-order valence-corrected chi connectivity index (χ2v) is 5.64. The van der Waals surface area contributed by atoms with E-state index < -0.39 is 0 Å². The van der Waals surface area contributed by atoms with Gasteiger partial charge in [0.2, 0.25) is 0 Å². The molecule has 2 heterocycles. The van der Waals surface area contributed by atoms with Crippen molar-refractivity contribution in [3.05, 3.63) is 45.9 Å². The van der Waals surface area contributed by atoms with Crippen LogP contribution >= 0.6 is 11.3 Å². The quantitative estimate of drug-likeness (QED) is 0.914. The van der Waals surface area contributed by atoms with Crippen LogP contribution in [0.4, 0.5) is 5.69 Å². The normalized spacial score (nSPS) is 13.9. The molecule has 2 aromatic rings. The molecule has 0 fully saturated rings. The van der Waals surface area contributed by atoms with Crippen LogP contribution in [0.15, 0.2) is 29.8 Å². The van der Waals surface area contributed by atoms with Crippen LogP contribution < -0.4 is 10.2 Å². The zero-order valence-corrected chi connectivity index (χ0v) is 11.3. The van der Waals surface area contributed by atoms with E-state index in [1.807, 2.05) is 11.6 Å². The van der Waals surface area contributed by atoms with E-state index in [1.165, 1.54) is 23.2 Å². The highest BCUT2D eigenvalue weighted by Gasteiger charge is 2.15. The highest BCUT2D eigenvalue weighted by molar-refractivity contribution is 7.09. The number of hydrogen-bond donors (Lipinski definition) is 1. The highest BCUT2D eigenvalue weighted by Crippen LogP contribution is 2.27. The van der Waals surface area contributed by atoms with E-state index in [2.05, 4.69) is 40.4 Å². The van der Waals surface area contributed by atoms with Crippen molar-refractivity contribution >= 4 is 17.0 Å². The molecule has 0 radical (unpaired) electrons. The molecular formula is C14H17N3S. The van der Waals surface area contributed by atoms with Crippen LogP contribution in [0.1, 0.15) is 16.1 Å². The molecule has 0 spiro atoms. The third-order valence-corrected chi connectivity index (χ3v) is 4.14. The lowest BCUT2D eigenvalue weighted by Gasteiger charge is -2.12. The van der Waals surface area contributed by atoms with Gasteiger partial charge in [-0.1, -0.05) is 12.1 Å². The molecular weight excluding hydrogens is 242 g/mol. The number of benzene rings is 1. The highest BCUT2D eigenvalue weighted by atomic mass is 32.1. The minimum absolute atomic E-state index is 0.856. The van der Waals surface area contributed by atoms with Crippen molar-refractivity contribution in [3.63, 3.8) is 0 Å². The summed E-state index contributed by atoms with van der Waals surface area (Å²) >= 11 is 1.70. The third kappa shape index (κ3) is 2.40. The molecule has 0 atom stereocenters. The fraction of sp³-hybridized carbons (Fsp3) is 0.357. The van der Waals surface area contributed by atoms with Crippen LogP contribution in [0.25, 0.3) is 0 Å². The topological polar surface area (TPSA) is 28.2 Å². The second kappa shape index (κ2) is 5.08. The molecule has 1 N–H and O–H groups in total. The molecule has 1 aromatic carbocycles. The van der Waals surface area contributed by atoms with Gasteiger partial charge in [-0.2, -0.15) is 0 Å². The standard InChI is InChI=1S/C14H17N3S/c1-17-6-4-12-8-11(2-3-13(12)17)9-15-10-14-16-5-7-18-14/h2-3,5,7-8,15H,4,6,9-10H2,1H3. The van der Waals surface area contributed by atoms with Crippen LogP contribution in [-0.4, -0.2) is 18.6 Å². The van der Waals surface area contributed by atoms with Crippen LogP contribution in [0.2, 0.25) is 0 Å². The molecule has 1 aromatic heterocycles. The predicted octanol–water partition coefficient (Wildman–Crippen LogP) is 2.43. The summed E-state index contributed by atoms with van der Waals surface area (Å²) in [5, 5.41) is 6.61. The van der Waals surface area contributed by atoms with Crippen LogP contribution in [0.5, 0.6) is 0 Å². The Morgan fingerprint density at radius 3 is 3.17 bits per heavy atom. The summed E-state index contributed by atoms with van der Waals surface area (Å²) in [6.07, 6.45) is 3.03. The second-order valence-electron chi connectivity index (χ2n) is 4.66. The van der Waals surface area contributed by atoms with E-state index in [9.17, 15) is 0 Å². The molecule has 1 aliphatic heterocycles. The van der Waals surface area contributed by atoms with E-state index in [0.717, 1.165) is 24.6 Å². The Hall–Kier alpha value is -1.39. The third-order valence-electron chi connectivity index (χ3n) is 3.36. The maximum Gasteiger partial charge on any atom is 0.106 e. The molecule has 0 saturated carbocycles. The van der Waals surface area contributed by atoms with Gasteiger partial charge in [0.15, 0.2) is 0 Å². The van der Waals surface area contributed by atoms with Gasteiger partial charge in [-0.15, -0.1) is 11.3 Å². The fourth-order valence-corrected chi connectivity index (χ4v) is 2.97. The summed E-state index contributed by atoms with van der Waals surface area (Å²) in [6.45, 7) is 2.91. The maximum atomic E-state index is 4.26. The van der Waals surface area contributed by atoms with Crippen molar-refractivity contribution in [2.24, 2.45) is 0 Å². The number of nitrogens with zero attached hydrogens (tertiary/aromatic N) is 2. The Morgan fingerprint density at radius 1 is 1.39 bits per heavy atom. The van der Waals surface area contributed by atoms with Crippen molar-refractivity contribution in [1.29, 1.82) is 0 Å². The predicted molar refractivity (Wildman–Crippen MR) is 76.1 cm³/mol. The fourth-order valence-electron chi connectivity index (χ4n) is 2.38. The van der Waals surface area contributed by atoms with Gasteiger partial charge >= 0.3 is 0 Å². The number of fused-ring (bicyclic) bond motifs is 1. The van der Waals surface area contributed by atoms with E-state index >= 15 is 0 Å². The molecule has 94 valence electrons. The van der Waals surface area contributed by atoms with Gasteiger partial charge in [-0.05, 0) is 23.6 Å². The van der Waals surface area contributed by atoms with Crippen molar-refractivity contribution < 1.29 is 0 Å². The Kier molecular flexibility index (Phi) is 3.30. The lowest BCUT2D eigenvalue weighted by Crippen LogP contribution is -2.13. The molecule has 0 saturated heterocycles. The molecule has 0 amide bonds. The van der Waals surface area contributed by atoms with Gasteiger partial charge in [-0.3, -0.25) is 0 Å². The number of hydrogen-bond acceptors (Lipinski definition) is 4. The number of nitrogens with one attached hydrogen (secondary N) is 1. The molecule has 1 aliphatic rings. The van der Waals surface area contributed by atoms with Gasteiger partial charge in [0.25, 0.3) is 0 Å². The van der Waals surface area contributed by atoms with Gasteiger partial charge in [-0.25, -0.2) is 4.98 Å². The smallest absolute Gasteiger partial charge is 0.106 e. The van der Waals surface area contributed by atoms with Gasteiger partial charge in [0.05, 0.1) is 0 Å². The van der Waals surface area contributed by atoms with E-state index in [0.29, 0.717) is 0 Å². The Bertz CT molecular complexity index is 522. The van der Waals surface area contributed by atoms with E-state index in [-0.39, 0.29) is 0 Å². The van der Waals surface area contributed by atoms with Gasteiger partial charge in [0.1, 0.15) is 5.01 Å². The van der Waals surface area contributed by atoms with Crippen LogP contribution in [0, 0.1) is 0 Å². The summed E-state index contributed by atoms with van der Waals surface area (Å²) in [4.78, 5) is 6.59.